The number of nitrogens with zero attached hydrogens (tertiary/aromatic N) is 3. The number of nitrogens with one attached hydrogen (secondary N) is 1. The smallest absolute Gasteiger partial charge is 0.246 e. The molecule has 0 fully saturated rings. The molecule has 0 spiro atoms. The van der Waals surface area contributed by atoms with Gasteiger partial charge in [0.05, 0.1) is 6.61 Å². The van der Waals surface area contributed by atoms with E-state index in [1.165, 1.54) is 25.6 Å². The molecule has 0 atom stereocenters. The van der Waals surface area contributed by atoms with Gasteiger partial charge in [0.25, 0.3) is 0 Å². The SMILES string of the molecule is CCOc1ccc(Nc2nc(C(C)C)ns2)cc1S(=O)(=O)N(C)C. The molecule has 9 heteroatoms. The molecule has 0 bridgehead atoms. The van der Waals surface area contributed by atoms with Crippen molar-refractivity contribution >= 4 is 32.4 Å². The predicted octanol–water partition coefficient (Wildman–Crippen LogP) is 3.05. The second-order valence-electron chi connectivity index (χ2n) is 5.62. The molecular formula is C15H22N4O3S2. The van der Waals surface area contributed by atoms with E-state index in [1.54, 1.807) is 18.2 Å². The van der Waals surface area contributed by atoms with Gasteiger partial charge < -0.3 is 10.1 Å². The molecule has 7 nitrogen and oxygen atoms in total. The summed E-state index contributed by atoms with van der Waals surface area (Å²) in [6.07, 6.45) is 0. The summed E-state index contributed by atoms with van der Waals surface area (Å²) in [6.45, 7) is 6.23. The minimum atomic E-state index is -3.62. The Balaban J connectivity index is 2.38. The Morgan fingerprint density at radius 3 is 2.58 bits per heavy atom. The van der Waals surface area contributed by atoms with Crippen LogP contribution in [0.4, 0.5) is 10.8 Å². The maximum absolute atomic E-state index is 12.5. The minimum absolute atomic E-state index is 0.118. The van der Waals surface area contributed by atoms with E-state index in [0.717, 1.165) is 10.1 Å². The zero-order chi connectivity index (χ0) is 17.9. The highest BCUT2D eigenvalue weighted by molar-refractivity contribution is 7.89. The highest BCUT2D eigenvalue weighted by Crippen LogP contribution is 2.31. The lowest BCUT2D eigenvalue weighted by atomic mass is 10.2. The highest BCUT2D eigenvalue weighted by Gasteiger charge is 2.23. The highest BCUT2D eigenvalue weighted by atomic mass is 32.2. The van der Waals surface area contributed by atoms with Gasteiger partial charge >= 0.3 is 0 Å². The number of hydrogen-bond donors (Lipinski definition) is 1. The van der Waals surface area contributed by atoms with Gasteiger partial charge in [-0.1, -0.05) is 13.8 Å². The summed E-state index contributed by atoms with van der Waals surface area (Å²) in [5.74, 6) is 1.33. The van der Waals surface area contributed by atoms with E-state index < -0.39 is 10.0 Å². The molecule has 0 unspecified atom stereocenters. The Morgan fingerprint density at radius 1 is 1.33 bits per heavy atom. The van der Waals surface area contributed by atoms with E-state index in [4.69, 9.17) is 4.74 Å². The third kappa shape index (κ3) is 4.03. The van der Waals surface area contributed by atoms with Crippen molar-refractivity contribution in [2.45, 2.75) is 31.6 Å². The summed E-state index contributed by atoms with van der Waals surface area (Å²) in [6, 6.07) is 4.96. The van der Waals surface area contributed by atoms with Crippen molar-refractivity contribution in [1.29, 1.82) is 0 Å². The third-order valence-electron chi connectivity index (χ3n) is 3.21. The number of benzene rings is 1. The summed E-state index contributed by atoms with van der Waals surface area (Å²) in [5, 5.41) is 3.73. The first-order chi connectivity index (χ1) is 11.3. The van der Waals surface area contributed by atoms with Crippen molar-refractivity contribution in [2.24, 2.45) is 0 Å². The number of rotatable bonds is 7. The quantitative estimate of drug-likeness (QED) is 0.806. The number of sulfonamides is 1. The van der Waals surface area contributed by atoms with Crippen molar-refractivity contribution < 1.29 is 13.2 Å². The van der Waals surface area contributed by atoms with Crippen LogP contribution in [0.2, 0.25) is 0 Å². The largest absolute Gasteiger partial charge is 0.492 e. The van der Waals surface area contributed by atoms with Gasteiger partial charge in [-0.3, -0.25) is 0 Å². The molecular weight excluding hydrogens is 348 g/mol. The number of hydrogen-bond acceptors (Lipinski definition) is 7. The molecule has 1 N–H and O–H groups in total. The zero-order valence-electron chi connectivity index (χ0n) is 14.4. The Bertz CT molecular complexity index is 801. The first-order valence-corrected chi connectivity index (χ1v) is 9.77. The Hall–Kier alpha value is -1.71. The van der Waals surface area contributed by atoms with Gasteiger partial charge in [-0.05, 0) is 25.1 Å². The summed E-state index contributed by atoms with van der Waals surface area (Å²) in [7, 11) is -0.635. The van der Waals surface area contributed by atoms with E-state index in [9.17, 15) is 8.42 Å². The van der Waals surface area contributed by atoms with Crippen LogP contribution in [-0.2, 0) is 10.0 Å². The van der Waals surface area contributed by atoms with Gasteiger partial charge in [-0.25, -0.2) is 17.7 Å². The van der Waals surface area contributed by atoms with Crippen molar-refractivity contribution in [2.75, 3.05) is 26.0 Å². The van der Waals surface area contributed by atoms with E-state index in [0.29, 0.717) is 23.2 Å². The summed E-state index contributed by atoms with van der Waals surface area (Å²) in [4.78, 5) is 4.51. The lowest BCUT2D eigenvalue weighted by Crippen LogP contribution is -2.23. The molecule has 24 heavy (non-hydrogen) atoms. The van der Waals surface area contributed by atoms with E-state index in [1.807, 2.05) is 20.8 Å². The molecule has 0 aliphatic heterocycles. The fourth-order valence-electron chi connectivity index (χ4n) is 1.90. The van der Waals surface area contributed by atoms with Crippen molar-refractivity contribution in [3.8, 4) is 5.75 Å². The van der Waals surface area contributed by atoms with Crippen LogP contribution in [0.5, 0.6) is 5.75 Å². The molecule has 2 aromatic rings. The Kier molecular flexibility index (Phi) is 5.79. The van der Waals surface area contributed by atoms with Crippen LogP contribution in [0.3, 0.4) is 0 Å². The molecule has 1 aromatic heterocycles. The maximum Gasteiger partial charge on any atom is 0.246 e. The fraction of sp³-hybridized carbons (Fsp3) is 0.467. The van der Waals surface area contributed by atoms with Crippen LogP contribution in [0.25, 0.3) is 0 Å². The van der Waals surface area contributed by atoms with E-state index >= 15 is 0 Å². The molecule has 0 saturated heterocycles. The zero-order valence-corrected chi connectivity index (χ0v) is 16.0. The maximum atomic E-state index is 12.5. The van der Waals surface area contributed by atoms with Gasteiger partial charge in [0, 0.05) is 37.2 Å². The second kappa shape index (κ2) is 7.45. The van der Waals surface area contributed by atoms with Gasteiger partial charge in [-0.2, -0.15) is 4.37 Å². The summed E-state index contributed by atoms with van der Waals surface area (Å²) < 4.78 is 35.9. The topological polar surface area (TPSA) is 84.4 Å². The van der Waals surface area contributed by atoms with Gasteiger partial charge in [0.15, 0.2) is 0 Å². The van der Waals surface area contributed by atoms with Crippen LogP contribution in [0, 0.1) is 0 Å². The standard InChI is InChI=1S/C15H22N4O3S2/c1-6-22-12-8-7-11(9-13(12)24(20,21)19(4)5)16-15-17-14(10(2)3)18-23-15/h7-10H,6H2,1-5H3,(H,16,17,18). The van der Waals surface area contributed by atoms with Crippen LogP contribution in [-0.4, -0.2) is 42.8 Å². The Labute approximate surface area is 146 Å². The van der Waals surface area contributed by atoms with Crippen molar-refractivity contribution in [3.63, 3.8) is 0 Å². The molecule has 0 amide bonds. The van der Waals surface area contributed by atoms with Crippen LogP contribution >= 0.6 is 11.5 Å². The predicted molar refractivity (Wildman–Crippen MR) is 95.8 cm³/mol. The average Bonchev–Trinajstić information content (AvgIpc) is 2.97. The van der Waals surface area contributed by atoms with E-state index in [-0.39, 0.29) is 10.8 Å². The summed E-state index contributed by atoms with van der Waals surface area (Å²) >= 11 is 1.24. The average molecular weight is 371 g/mol. The first-order valence-electron chi connectivity index (χ1n) is 7.55. The van der Waals surface area contributed by atoms with Gasteiger partial charge in [0.1, 0.15) is 16.5 Å². The van der Waals surface area contributed by atoms with Crippen LogP contribution < -0.4 is 10.1 Å². The van der Waals surface area contributed by atoms with Crippen molar-refractivity contribution in [1.82, 2.24) is 13.7 Å². The second-order valence-corrected chi connectivity index (χ2v) is 8.49. The number of anilines is 2. The lowest BCUT2D eigenvalue weighted by molar-refractivity contribution is 0.330. The first kappa shape index (κ1) is 18.6. The van der Waals surface area contributed by atoms with Crippen LogP contribution in [0.1, 0.15) is 32.5 Å². The molecule has 0 saturated carbocycles. The normalized spacial score (nSPS) is 12.0. The molecule has 0 aliphatic carbocycles. The molecule has 2 rings (SSSR count). The van der Waals surface area contributed by atoms with Crippen LogP contribution in [0.15, 0.2) is 23.1 Å². The monoisotopic (exact) mass is 370 g/mol. The molecule has 0 aliphatic rings. The molecule has 0 radical (unpaired) electrons. The molecule has 1 heterocycles. The fourth-order valence-corrected chi connectivity index (χ4v) is 3.68. The minimum Gasteiger partial charge on any atom is -0.492 e. The summed E-state index contributed by atoms with van der Waals surface area (Å²) in [5.41, 5.74) is 0.616. The number of aromatic nitrogens is 2. The lowest BCUT2D eigenvalue weighted by Gasteiger charge is -2.16. The van der Waals surface area contributed by atoms with Gasteiger partial charge in [-0.15, -0.1) is 0 Å². The molecule has 1 aromatic carbocycles. The van der Waals surface area contributed by atoms with E-state index in [2.05, 4.69) is 14.7 Å². The third-order valence-corrected chi connectivity index (χ3v) is 5.69. The Morgan fingerprint density at radius 2 is 2.04 bits per heavy atom. The van der Waals surface area contributed by atoms with Gasteiger partial charge in [0.2, 0.25) is 15.2 Å². The number of ether oxygens (including phenoxy) is 1. The van der Waals surface area contributed by atoms with Crippen molar-refractivity contribution in [3.05, 3.63) is 24.0 Å². The molecule has 132 valence electrons.